The Morgan fingerprint density at radius 1 is 0.952 bits per heavy atom. The van der Waals surface area contributed by atoms with Crippen molar-refractivity contribution in [3.05, 3.63) is 39.7 Å². The molecule has 0 saturated carbocycles. The number of anilines is 1. The molecule has 3 nitrogen and oxygen atoms in total. The number of hydrogen-bond donors (Lipinski definition) is 1. The second kappa shape index (κ2) is 5.21. The van der Waals surface area contributed by atoms with Gasteiger partial charge in [0.15, 0.2) is 5.43 Å². The first-order valence-electron chi connectivity index (χ1n) is 8.26. The number of hydrogen-bond acceptors (Lipinski definition) is 2. The van der Waals surface area contributed by atoms with E-state index in [-0.39, 0.29) is 5.43 Å². The minimum atomic E-state index is 0.265. The highest BCUT2D eigenvalue weighted by Gasteiger charge is 2.17. The summed E-state index contributed by atoms with van der Waals surface area (Å²) in [6, 6.07) is 6.35. The lowest BCUT2D eigenvalue weighted by Gasteiger charge is -2.18. The molecule has 0 spiro atoms. The van der Waals surface area contributed by atoms with Gasteiger partial charge in [0.1, 0.15) is 0 Å². The van der Waals surface area contributed by atoms with Crippen LogP contribution in [0.25, 0.3) is 10.9 Å². The second-order valence-electron chi connectivity index (χ2n) is 6.40. The van der Waals surface area contributed by atoms with E-state index in [9.17, 15) is 4.79 Å². The third-order valence-corrected chi connectivity index (χ3v) is 5.00. The molecule has 110 valence electrons. The predicted octanol–water partition coefficient (Wildman–Crippen LogP) is 3.40. The van der Waals surface area contributed by atoms with Gasteiger partial charge in [-0.25, -0.2) is 0 Å². The minimum absolute atomic E-state index is 0.265. The second-order valence-corrected chi connectivity index (χ2v) is 6.40. The molecule has 1 aromatic carbocycles. The zero-order valence-electron chi connectivity index (χ0n) is 12.5. The van der Waals surface area contributed by atoms with Crippen molar-refractivity contribution in [1.82, 2.24) is 4.98 Å². The van der Waals surface area contributed by atoms with Crippen LogP contribution < -0.4 is 10.3 Å². The van der Waals surface area contributed by atoms with Crippen molar-refractivity contribution in [3.63, 3.8) is 0 Å². The standard InChI is InChI=1S/C18H22N2O/c21-18-14-6-2-1-3-7-16(14)19-17-9-8-13(12-15(17)18)20-10-4-5-11-20/h8-9,12H,1-7,10-11H2,(H,19,21). The van der Waals surface area contributed by atoms with E-state index in [1.807, 2.05) is 0 Å². The molecule has 1 aliphatic carbocycles. The number of rotatable bonds is 1. The van der Waals surface area contributed by atoms with E-state index in [1.54, 1.807) is 0 Å². The monoisotopic (exact) mass is 282 g/mol. The predicted molar refractivity (Wildman–Crippen MR) is 87.3 cm³/mol. The van der Waals surface area contributed by atoms with E-state index in [0.717, 1.165) is 48.8 Å². The summed E-state index contributed by atoms with van der Waals surface area (Å²) < 4.78 is 0. The Hall–Kier alpha value is -1.77. The van der Waals surface area contributed by atoms with Crippen LogP contribution in [0.4, 0.5) is 5.69 Å². The van der Waals surface area contributed by atoms with Crippen LogP contribution in [0.15, 0.2) is 23.0 Å². The summed E-state index contributed by atoms with van der Waals surface area (Å²) in [6.07, 6.45) is 8.06. The van der Waals surface area contributed by atoms with E-state index in [0.29, 0.717) is 0 Å². The van der Waals surface area contributed by atoms with Crippen LogP contribution in [0.2, 0.25) is 0 Å². The Morgan fingerprint density at radius 2 is 1.76 bits per heavy atom. The van der Waals surface area contributed by atoms with Crippen LogP contribution in [0.3, 0.4) is 0 Å². The van der Waals surface area contributed by atoms with E-state index in [1.165, 1.54) is 37.1 Å². The molecule has 0 radical (unpaired) electrons. The number of aromatic nitrogens is 1. The third-order valence-electron chi connectivity index (χ3n) is 5.00. The summed E-state index contributed by atoms with van der Waals surface area (Å²) >= 11 is 0. The van der Waals surface area contributed by atoms with Crippen molar-refractivity contribution in [2.24, 2.45) is 0 Å². The molecular weight excluding hydrogens is 260 g/mol. The fourth-order valence-corrected chi connectivity index (χ4v) is 3.80. The Kier molecular flexibility index (Phi) is 3.21. The molecule has 1 aliphatic heterocycles. The zero-order valence-corrected chi connectivity index (χ0v) is 12.5. The molecule has 2 aliphatic rings. The largest absolute Gasteiger partial charge is 0.372 e. The van der Waals surface area contributed by atoms with Crippen molar-refractivity contribution in [3.8, 4) is 0 Å². The van der Waals surface area contributed by atoms with E-state index in [2.05, 4.69) is 28.1 Å². The smallest absolute Gasteiger partial charge is 0.192 e. The Balaban J connectivity index is 1.86. The SMILES string of the molecule is O=c1c2c([nH]c3ccc(N4CCCC4)cc13)CCCCC2. The molecule has 0 amide bonds. The molecule has 2 heterocycles. The maximum atomic E-state index is 12.9. The number of pyridine rings is 1. The van der Waals surface area contributed by atoms with Crippen molar-refractivity contribution in [2.45, 2.75) is 44.9 Å². The molecule has 4 rings (SSSR count). The topological polar surface area (TPSA) is 36.1 Å². The first-order chi connectivity index (χ1) is 10.3. The zero-order chi connectivity index (χ0) is 14.2. The van der Waals surface area contributed by atoms with Gasteiger partial charge >= 0.3 is 0 Å². The molecule has 0 bridgehead atoms. The van der Waals surface area contributed by atoms with E-state index >= 15 is 0 Å². The average Bonchev–Trinajstić information content (AvgIpc) is 2.93. The molecule has 1 fully saturated rings. The third kappa shape index (κ3) is 2.25. The van der Waals surface area contributed by atoms with Crippen LogP contribution in [0.1, 0.15) is 43.4 Å². The molecular formula is C18H22N2O. The summed E-state index contributed by atoms with van der Waals surface area (Å²) in [5.74, 6) is 0. The number of aromatic amines is 1. The van der Waals surface area contributed by atoms with Crippen molar-refractivity contribution in [2.75, 3.05) is 18.0 Å². The summed E-state index contributed by atoms with van der Waals surface area (Å²) in [4.78, 5) is 18.8. The highest BCUT2D eigenvalue weighted by atomic mass is 16.1. The lowest BCUT2D eigenvalue weighted by molar-refractivity contribution is 0.708. The maximum absolute atomic E-state index is 12.9. The summed E-state index contributed by atoms with van der Waals surface area (Å²) in [5.41, 5.74) is 4.70. The molecule has 2 aromatic rings. The summed E-state index contributed by atoms with van der Waals surface area (Å²) in [6.45, 7) is 2.24. The first kappa shape index (κ1) is 12.9. The number of aryl methyl sites for hydroxylation is 1. The van der Waals surface area contributed by atoms with Crippen molar-refractivity contribution < 1.29 is 0 Å². The summed E-state index contributed by atoms with van der Waals surface area (Å²) in [7, 11) is 0. The van der Waals surface area contributed by atoms with Crippen LogP contribution in [0, 0.1) is 0 Å². The Labute approximate surface area is 125 Å². The molecule has 3 heteroatoms. The average molecular weight is 282 g/mol. The quantitative estimate of drug-likeness (QED) is 0.814. The lowest BCUT2D eigenvalue weighted by atomic mass is 10.0. The molecule has 21 heavy (non-hydrogen) atoms. The highest BCUT2D eigenvalue weighted by Crippen LogP contribution is 2.25. The number of benzene rings is 1. The number of nitrogens with one attached hydrogen (secondary N) is 1. The van der Waals surface area contributed by atoms with Gasteiger partial charge in [0.25, 0.3) is 0 Å². The molecule has 0 atom stereocenters. The van der Waals surface area contributed by atoms with Gasteiger partial charge in [-0.3, -0.25) is 4.79 Å². The molecule has 0 unspecified atom stereocenters. The Morgan fingerprint density at radius 3 is 2.62 bits per heavy atom. The van der Waals surface area contributed by atoms with Crippen LogP contribution >= 0.6 is 0 Å². The van der Waals surface area contributed by atoms with Crippen molar-refractivity contribution in [1.29, 1.82) is 0 Å². The van der Waals surface area contributed by atoms with Gasteiger partial charge in [-0.2, -0.15) is 0 Å². The maximum Gasteiger partial charge on any atom is 0.192 e. The van der Waals surface area contributed by atoms with Crippen LogP contribution in [-0.4, -0.2) is 18.1 Å². The fraction of sp³-hybridized carbons (Fsp3) is 0.500. The van der Waals surface area contributed by atoms with Gasteiger partial charge in [-0.05, 0) is 56.7 Å². The van der Waals surface area contributed by atoms with Gasteiger partial charge in [-0.15, -0.1) is 0 Å². The van der Waals surface area contributed by atoms with Gasteiger partial charge in [0.2, 0.25) is 0 Å². The van der Waals surface area contributed by atoms with Crippen LogP contribution in [0.5, 0.6) is 0 Å². The van der Waals surface area contributed by atoms with Gasteiger partial charge in [0.05, 0.1) is 0 Å². The van der Waals surface area contributed by atoms with Gasteiger partial charge in [0, 0.05) is 40.9 Å². The van der Waals surface area contributed by atoms with E-state index in [4.69, 9.17) is 0 Å². The van der Waals surface area contributed by atoms with Gasteiger partial charge in [-0.1, -0.05) is 6.42 Å². The van der Waals surface area contributed by atoms with Crippen LogP contribution in [-0.2, 0) is 12.8 Å². The molecule has 1 N–H and O–H groups in total. The van der Waals surface area contributed by atoms with Crippen molar-refractivity contribution >= 4 is 16.6 Å². The number of fused-ring (bicyclic) bond motifs is 2. The fourth-order valence-electron chi connectivity index (χ4n) is 3.80. The summed E-state index contributed by atoms with van der Waals surface area (Å²) in [5, 5.41) is 0.875. The molecule has 1 aromatic heterocycles. The lowest BCUT2D eigenvalue weighted by Crippen LogP contribution is -2.19. The highest BCUT2D eigenvalue weighted by molar-refractivity contribution is 5.83. The minimum Gasteiger partial charge on any atom is -0.372 e. The first-order valence-corrected chi connectivity index (χ1v) is 8.26. The number of nitrogens with zero attached hydrogens (tertiary/aromatic N) is 1. The number of H-pyrrole nitrogens is 1. The molecule has 1 saturated heterocycles. The normalized spacial score (nSPS) is 18.8. The Bertz CT molecular complexity index is 726. The van der Waals surface area contributed by atoms with Gasteiger partial charge < -0.3 is 9.88 Å². The van der Waals surface area contributed by atoms with E-state index < -0.39 is 0 Å².